The molecule has 0 fully saturated rings. The third kappa shape index (κ3) is 3.85. The topological polar surface area (TPSA) is 26.0 Å². The first-order valence-corrected chi connectivity index (χ1v) is 16.2. The molecule has 0 saturated carbocycles. The summed E-state index contributed by atoms with van der Waals surface area (Å²) in [5.41, 5.74) is 11.7. The highest BCUT2D eigenvalue weighted by Crippen LogP contribution is 2.52. The molecule has 0 radical (unpaired) electrons. The first-order chi connectivity index (χ1) is 23.3. The van der Waals surface area contributed by atoms with E-state index in [4.69, 9.17) is 4.98 Å². The van der Waals surface area contributed by atoms with Crippen molar-refractivity contribution >= 4 is 44.2 Å². The lowest BCUT2D eigenvalue weighted by Crippen LogP contribution is -2.28. The molecular weight excluding hydrogens is 573 g/mol. The molecule has 2 aliphatic rings. The van der Waals surface area contributed by atoms with E-state index in [1.807, 2.05) is 0 Å². The number of hydrogen-bond donors (Lipinski definition) is 0. The molecular formula is C43H30N4. The van der Waals surface area contributed by atoms with Crippen LogP contribution in [-0.2, 0) is 0 Å². The Morgan fingerprint density at radius 3 is 1.96 bits per heavy atom. The van der Waals surface area contributed by atoms with Crippen LogP contribution >= 0.6 is 0 Å². The van der Waals surface area contributed by atoms with Crippen LogP contribution in [0.1, 0.15) is 11.5 Å². The van der Waals surface area contributed by atoms with Crippen LogP contribution in [0, 0.1) is 0 Å². The van der Waals surface area contributed by atoms with E-state index in [-0.39, 0.29) is 6.04 Å². The molecule has 222 valence electrons. The predicted molar refractivity (Wildman–Crippen MR) is 194 cm³/mol. The van der Waals surface area contributed by atoms with Crippen LogP contribution in [0.25, 0.3) is 55.6 Å². The second-order valence-corrected chi connectivity index (χ2v) is 12.4. The van der Waals surface area contributed by atoms with E-state index in [1.54, 1.807) is 0 Å². The smallest absolute Gasteiger partial charge is 0.145 e. The Labute approximate surface area is 272 Å². The molecule has 47 heavy (non-hydrogen) atoms. The molecule has 4 nitrogen and oxygen atoms in total. The summed E-state index contributed by atoms with van der Waals surface area (Å²) in [5.74, 6) is 1.23. The highest BCUT2D eigenvalue weighted by Gasteiger charge is 2.39. The number of fused-ring (bicyclic) bond motifs is 8. The third-order valence-electron chi connectivity index (χ3n) is 9.84. The van der Waals surface area contributed by atoms with Gasteiger partial charge in [-0.25, -0.2) is 4.98 Å². The minimum atomic E-state index is 0.225. The largest absolute Gasteiger partial charge is 0.332 e. The molecule has 0 spiro atoms. The van der Waals surface area contributed by atoms with Gasteiger partial charge >= 0.3 is 0 Å². The molecule has 8 aromatic rings. The quantitative estimate of drug-likeness (QED) is 0.200. The van der Waals surface area contributed by atoms with Crippen molar-refractivity contribution in [2.75, 3.05) is 4.90 Å². The van der Waals surface area contributed by atoms with Gasteiger partial charge in [-0.2, -0.15) is 0 Å². The van der Waals surface area contributed by atoms with Gasteiger partial charge in [0.05, 0.1) is 33.8 Å². The Morgan fingerprint density at radius 1 is 0.489 bits per heavy atom. The van der Waals surface area contributed by atoms with Gasteiger partial charge in [0.1, 0.15) is 5.82 Å². The van der Waals surface area contributed by atoms with Crippen molar-refractivity contribution in [2.45, 2.75) is 12.0 Å². The fraction of sp³-hybridized carbons (Fsp3) is 0.0465. The van der Waals surface area contributed by atoms with Crippen LogP contribution in [0.3, 0.4) is 0 Å². The van der Waals surface area contributed by atoms with E-state index in [0.717, 1.165) is 33.8 Å². The predicted octanol–water partition coefficient (Wildman–Crippen LogP) is 10.5. The maximum atomic E-state index is 5.12. The van der Waals surface area contributed by atoms with Gasteiger partial charge in [-0.1, -0.05) is 103 Å². The zero-order chi connectivity index (χ0) is 30.9. The van der Waals surface area contributed by atoms with Crippen molar-refractivity contribution in [3.63, 3.8) is 0 Å². The monoisotopic (exact) mass is 602 g/mol. The summed E-state index contributed by atoms with van der Waals surface area (Å²) in [7, 11) is 0. The molecule has 2 atom stereocenters. The first-order valence-electron chi connectivity index (χ1n) is 16.2. The van der Waals surface area contributed by atoms with Gasteiger partial charge in [0.2, 0.25) is 0 Å². The summed E-state index contributed by atoms with van der Waals surface area (Å²) < 4.78 is 4.73. The molecule has 4 heteroatoms. The van der Waals surface area contributed by atoms with Crippen molar-refractivity contribution < 1.29 is 0 Å². The van der Waals surface area contributed by atoms with E-state index in [2.05, 4.69) is 184 Å². The molecule has 3 heterocycles. The van der Waals surface area contributed by atoms with Crippen molar-refractivity contribution in [1.82, 2.24) is 14.1 Å². The highest BCUT2D eigenvalue weighted by molar-refractivity contribution is 6.15. The third-order valence-corrected chi connectivity index (χ3v) is 9.84. The van der Waals surface area contributed by atoms with Gasteiger partial charge in [0.15, 0.2) is 0 Å². The number of nitrogens with zero attached hydrogens (tertiary/aromatic N) is 4. The van der Waals surface area contributed by atoms with Crippen LogP contribution in [0.15, 0.2) is 170 Å². The summed E-state index contributed by atoms with van der Waals surface area (Å²) >= 11 is 0. The molecule has 10 rings (SSSR count). The normalized spacial score (nSPS) is 16.7. The fourth-order valence-electron chi connectivity index (χ4n) is 7.83. The Morgan fingerprint density at radius 2 is 1.15 bits per heavy atom. The molecule has 6 aromatic carbocycles. The molecule has 2 unspecified atom stereocenters. The highest BCUT2D eigenvalue weighted by atomic mass is 15.2. The number of rotatable bonds is 4. The zero-order valence-electron chi connectivity index (χ0n) is 25.6. The lowest BCUT2D eigenvalue weighted by Gasteiger charge is -2.29. The van der Waals surface area contributed by atoms with E-state index in [9.17, 15) is 0 Å². The summed E-state index contributed by atoms with van der Waals surface area (Å²) in [6, 6.07) is 52.4. The summed E-state index contributed by atoms with van der Waals surface area (Å²) in [6.07, 6.45) is 9.10. The van der Waals surface area contributed by atoms with Gasteiger partial charge in [-0.15, -0.1) is 0 Å². The van der Waals surface area contributed by atoms with Crippen molar-refractivity contribution in [3.05, 3.63) is 175 Å². The second-order valence-electron chi connectivity index (χ2n) is 12.4. The number of imidazole rings is 1. The Kier molecular flexibility index (Phi) is 5.67. The Bertz CT molecular complexity index is 2520. The molecule has 0 bridgehead atoms. The molecule has 1 aliphatic heterocycles. The van der Waals surface area contributed by atoms with Crippen molar-refractivity contribution in [3.8, 4) is 22.8 Å². The van der Waals surface area contributed by atoms with E-state index in [1.165, 1.54) is 38.7 Å². The summed E-state index contributed by atoms with van der Waals surface area (Å²) in [6.45, 7) is 0. The maximum Gasteiger partial charge on any atom is 0.145 e. The van der Waals surface area contributed by atoms with Crippen molar-refractivity contribution in [2.24, 2.45) is 0 Å². The maximum absolute atomic E-state index is 5.12. The van der Waals surface area contributed by atoms with Crippen molar-refractivity contribution in [1.29, 1.82) is 0 Å². The van der Waals surface area contributed by atoms with E-state index >= 15 is 0 Å². The van der Waals surface area contributed by atoms with Gasteiger partial charge in [0.25, 0.3) is 0 Å². The molecule has 1 aliphatic carbocycles. The average Bonchev–Trinajstić information content (AvgIpc) is 3.81. The SMILES string of the molecule is C1=CC2c3ccc4c5ccccc5n(-c5ccc(-c6nc7ccccc7n6-c6ccccc6)cc5)c4c3N(c3ccccc3)C2C=C1. The second kappa shape index (κ2) is 10.2. The first kappa shape index (κ1) is 26.1. The van der Waals surface area contributed by atoms with Crippen LogP contribution in [0.2, 0.25) is 0 Å². The number of aromatic nitrogens is 3. The summed E-state index contributed by atoms with van der Waals surface area (Å²) in [5, 5.41) is 2.52. The molecule has 0 N–H and O–H groups in total. The lowest BCUT2D eigenvalue weighted by molar-refractivity contribution is 0.745. The van der Waals surface area contributed by atoms with E-state index < -0.39 is 0 Å². The number of allylic oxidation sites excluding steroid dienone is 2. The average molecular weight is 603 g/mol. The minimum Gasteiger partial charge on any atom is -0.332 e. The zero-order valence-corrected chi connectivity index (χ0v) is 25.6. The number of para-hydroxylation sites is 5. The van der Waals surface area contributed by atoms with Crippen LogP contribution < -0.4 is 4.90 Å². The fourth-order valence-corrected chi connectivity index (χ4v) is 7.83. The number of benzene rings is 6. The Balaban J connectivity index is 1.21. The lowest BCUT2D eigenvalue weighted by atomic mass is 9.91. The van der Waals surface area contributed by atoms with Gasteiger partial charge in [-0.3, -0.25) is 4.57 Å². The van der Waals surface area contributed by atoms with Gasteiger partial charge < -0.3 is 9.47 Å². The van der Waals surface area contributed by atoms with E-state index in [0.29, 0.717) is 5.92 Å². The summed E-state index contributed by atoms with van der Waals surface area (Å²) in [4.78, 5) is 7.67. The molecule has 2 aromatic heterocycles. The standard InChI is InChI=1S/C43H30N4/c1-3-13-30(14-4-1)45-38-20-10-7-17-33(38)35-27-28-36-34-18-8-11-21-39(34)46(42(36)41(35)45)32-25-23-29(24-26-32)43-44-37-19-9-12-22-40(37)47(43)31-15-5-2-6-16-31/h1-28,33,38H. The number of hydrogen-bond acceptors (Lipinski definition) is 2. The molecule has 0 amide bonds. The molecule has 0 saturated heterocycles. The van der Waals surface area contributed by atoms with Gasteiger partial charge in [-0.05, 0) is 72.3 Å². The Hall–Kier alpha value is -6.13. The van der Waals surface area contributed by atoms with Gasteiger partial charge in [0, 0.05) is 39.3 Å². The van der Waals surface area contributed by atoms with Crippen LogP contribution in [-0.4, -0.2) is 20.2 Å². The number of anilines is 2. The minimum absolute atomic E-state index is 0.225. The van der Waals surface area contributed by atoms with Crippen LogP contribution in [0.5, 0.6) is 0 Å². The van der Waals surface area contributed by atoms with Crippen LogP contribution in [0.4, 0.5) is 11.4 Å².